The van der Waals surface area contributed by atoms with E-state index in [0.29, 0.717) is 0 Å². The third-order valence-corrected chi connectivity index (χ3v) is 11.1. The number of benzene rings is 1. The molecule has 0 aliphatic heterocycles. The molecule has 0 aromatic heterocycles. The summed E-state index contributed by atoms with van der Waals surface area (Å²) in [7, 11) is 0.982. The van der Waals surface area contributed by atoms with Gasteiger partial charge in [0.05, 0.1) is 0 Å². The molecule has 0 fully saturated rings. The molecule has 0 aliphatic carbocycles. The second-order valence-corrected chi connectivity index (χ2v) is 16.5. The maximum atomic E-state index is 2.56. The molecule has 0 saturated heterocycles. The fourth-order valence-corrected chi connectivity index (χ4v) is 8.30. The van der Waals surface area contributed by atoms with Gasteiger partial charge in [-0.15, -0.1) is 0 Å². The monoisotopic (exact) mass is 615 g/mol. The van der Waals surface area contributed by atoms with E-state index in [9.17, 15) is 0 Å². The molecule has 1 atom stereocenters. The first-order chi connectivity index (χ1) is 20.9. The highest BCUT2D eigenvalue weighted by Crippen LogP contribution is 2.29. The highest BCUT2D eigenvalue weighted by Gasteiger charge is 2.19. The Morgan fingerprint density at radius 1 is 0.465 bits per heavy atom. The first-order valence-corrected chi connectivity index (χ1v) is 21.0. The second-order valence-electron chi connectivity index (χ2n) is 15.1. The van der Waals surface area contributed by atoms with Gasteiger partial charge in [-0.3, -0.25) is 0 Å². The van der Waals surface area contributed by atoms with E-state index in [1.54, 1.807) is 16.4 Å². The summed E-state index contributed by atoms with van der Waals surface area (Å²) in [5, 5.41) is 1.65. The van der Waals surface area contributed by atoms with Gasteiger partial charge in [-0.1, -0.05) is 216 Å². The molecule has 0 N–H and O–H groups in total. The quantitative estimate of drug-likeness (QED) is 0.0597. The number of unbranched alkanes of at least 4 members (excludes halogenated alkanes) is 25. The van der Waals surface area contributed by atoms with E-state index in [2.05, 4.69) is 53.7 Å². The maximum absolute atomic E-state index is 2.56. The Hall–Kier alpha value is -0.350. The normalized spacial score (nSPS) is 12.2. The highest BCUT2D eigenvalue weighted by molar-refractivity contribution is 7.47. The van der Waals surface area contributed by atoms with Crippen LogP contribution in [-0.2, 0) is 11.8 Å². The minimum absolute atomic E-state index is 0.253. The van der Waals surface area contributed by atoms with Crippen LogP contribution in [0.5, 0.6) is 0 Å². The summed E-state index contributed by atoms with van der Waals surface area (Å²) in [6.07, 6.45) is 41.9. The fraction of sp³-hybridized carbons (Fsp3) is 0.857. The van der Waals surface area contributed by atoms with Gasteiger partial charge in [0.1, 0.15) is 0 Å². The number of hydrogen-bond acceptors (Lipinski definition) is 0. The number of hydrogen-bond donors (Lipinski definition) is 0. The first-order valence-electron chi connectivity index (χ1n) is 19.8. The van der Waals surface area contributed by atoms with Gasteiger partial charge in [-0.05, 0) is 59.8 Å². The number of rotatable bonds is 30. The van der Waals surface area contributed by atoms with E-state index < -0.39 is 0 Å². The van der Waals surface area contributed by atoms with Crippen molar-refractivity contribution in [1.82, 2.24) is 0 Å². The lowest BCUT2D eigenvalue weighted by molar-refractivity contribution is 0.517. The molecule has 0 nitrogen and oxygen atoms in total. The SMILES string of the molecule is CCCCCCCCCCCCCCCCCCCCCCCCCCCPc1cc(C)c(CCCC)cc1C(C)(C)C. The molecule has 0 amide bonds. The van der Waals surface area contributed by atoms with Crippen LogP contribution in [0.3, 0.4) is 0 Å². The minimum atomic E-state index is 0.253. The molecule has 1 aromatic rings. The summed E-state index contributed by atoms with van der Waals surface area (Å²) in [6, 6.07) is 5.11. The molecule has 0 radical (unpaired) electrons. The predicted octanol–water partition coefficient (Wildman–Crippen LogP) is 14.7. The van der Waals surface area contributed by atoms with Crippen LogP contribution in [0, 0.1) is 6.92 Å². The van der Waals surface area contributed by atoms with Crippen LogP contribution in [0.1, 0.15) is 225 Å². The summed E-state index contributed by atoms with van der Waals surface area (Å²) in [5.74, 6) is 0. The largest absolute Gasteiger partial charge is 0.0901 e. The van der Waals surface area contributed by atoms with Gasteiger partial charge in [0.25, 0.3) is 0 Å². The van der Waals surface area contributed by atoms with Gasteiger partial charge in [0.15, 0.2) is 0 Å². The third kappa shape index (κ3) is 22.7. The molecule has 1 unspecified atom stereocenters. The topological polar surface area (TPSA) is 0 Å². The molecule has 0 bridgehead atoms. The van der Waals surface area contributed by atoms with Crippen molar-refractivity contribution in [2.24, 2.45) is 0 Å². The molecular formula is C42H79P. The number of aryl methyl sites for hydroxylation is 2. The summed E-state index contributed by atoms with van der Waals surface area (Å²) in [6.45, 7) is 14.1. The molecule has 252 valence electrons. The molecule has 1 aromatic carbocycles. The van der Waals surface area contributed by atoms with Crippen LogP contribution in [0.4, 0.5) is 0 Å². The van der Waals surface area contributed by atoms with Crippen molar-refractivity contribution in [2.75, 3.05) is 6.16 Å². The smallest absolute Gasteiger partial charge is 0.0126 e. The van der Waals surface area contributed by atoms with E-state index >= 15 is 0 Å². The molecule has 0 saturated carbocycles. The van der Waals surface area contributed by atoms with Crippen molar-refractivity contribution in [3.8, 4) is 0 Å². The molecule has 0 spiro atoms. The van der Waals surface area contributed by atoms with Crippen molar-refractivity contribution in [3.63, 3.8) is 0 Å². The Morgan fingerprint density at radius 3 is 1.16 bits per heavy atom. The van der Waals surface area contributed by atoms with Crippen molar-refractivity contribution < 1.29 is 0 Å². The summed E-state index contributed by atoms with van der Waals surface area (Å²) in [5.41, 5.74) is 4.98. The zero-order valence-electron chi connectivity index (χ0n) is 30.7. The highest BCUT2D eigenvalue weighted by atomic mass is 31.1. The Morgan fingerprint density at radius 2 is 0.814 bits per heavy atom. The summed E-state index contributed by atoms with van der Waals surface area (Å²) < 4.78 is 0. The van der Waals surface area contributed by atoms with Crippen LogP contribution in [0.15, 0.2) is 12.1 Å². The van der Waals surface area contributed by atoms with Gasteiger partial charge < -0.3 is 0 Å². The van der Waals surface area contributed by atoms with Crippen molar-refractivity contribution in [1.29, 1.82) is 0 Å². The maximum Gasteiger partial charge on any atom is -0.0126 e. The molecule has 1 heteroatoms. The van der Waals surface area contributed by atoms with Gasteiger partial charge in [0, 0.05) is 0 Å². The van der Waals surface area contributed by atoms with E-state index in [0.717, 1.165) is 8.58 Å². The van der Waals surface area contributed by atoms with Crippen LogP contribution in [-0.4, -0.2) is 6.16 Å². The molecule has 0 aliphatic rings. The first kappa shape index (κ1) is 40.7. The van der Waals surface area contributed by atoms with Gasteiger partial charge in [0.2, 0.25) is 0 Å². The average molecular weight is 615 g/mol. The Bertz CT molecular complexity index is 742. The minimum Gasteiger partial charge on any atom is -0.0901 e. The van der Waals surface area contributed by atoms with Crippen LogP contribution in [0.25, 0.3) is 0 Å². The van der Waals surface area contributed by atoms with E-state index in [1.807, 2.05) is 0 Å². The lowest BCUT2D eigenvalue weighted by Crippen LogP contribution is -2.21. The standard InChI is InChI=1S/C42H79P/c1-7-9-11-12-13-14-15-16-17-18-19-20-21-22-23-24-25-26-27-28-29-30-31-32-33-35-43-41-36-38(3)39(34-10-8-2)37-40(41)42(4,5)6/h36-37,43H,7-35H2,1-6H3. The predicted molar refractivity (Wildman–Crippen MR) is 202 cm³/mol. The van der Waals surface area contributed by atoms with Gasteiger partial charge >= 0.3 is 0 Å². The van der Waals surface area contributed by atoms with Crippen LogP contribution < -0.4 is 5.30 Å². The summed E-state index contributed by atoms with van der Waals surface area (Å²) >= 11 is 0. The average Bonchev–Trinajstić information content (AvgIpc) is 2.97. The molecule has 43 heavy (non-hydrogen) atoms. The zero-order valence-corrected chi connectivity index (χ0v) is 31.7. The van der Waals surface area contributed by atoms with Gasteiger partial charge in [-0.2, -0.15) is 0 Å². The molecule has 1 rings (SSSR count). The van der Waals surface area contributed by atoms with Crippen LogP contribution in [0.2, 0.25) is 0 Å². The Labute approximate surface area is 274 Å². The summed E-state index contributed by atoms with van der Waals surface area (Å²) in [4.78, 5) is 0. The lowest BCUT2D eigenvalue weighted by atomic mass is 9.84. The Balaban J connectivity index is 1.90. The lowest BCUT2D eigenvalue weighted by Gasteiger charge is -2.25. The molecule has 0 heterocycles. The third-order valence-electron chi connectivity index (χ3n) is 9.68. The van der Waals surface area contributed by atoms with E-state index in [4.69, 9.17) is 0 Å². The van der Waals surface area contributed by atoms with Crippen molar-refractivity contribution in [3.05, 3.63) is 28.8 Å². The zero-order chi connectivity index (χ0) is 31.4. The fourth-order valence-electron chi connectivity index (χ4n) is 6.64. The Kier molecular flexibility index (Phi) is 26.4. The van der Waals surface area contributed by atoms with E-state index in [1.165, 1.54) is 192 Å². The second kappa shape index (κ2) is 27.9. The van der Waals surface area contributed by atoms with Crippen molar-refractivity contribution >= 4 is 13.9 Å². The van der Waals surface area contributed by atoms with E-state index in [-0.39, 0.29) is 5.41 Å². The van der Waals surface area contributed by atoms with Crippen molar-refractivity contribution in [2.45, 2.75) is 227 Å². The molecular weight excluding hydrogens is 535 g/mol. The van der Waals surface area contributed by atoms with Crippen LogP contribution >= 0.6 is 8.58 Å². The van der Waals surface area contributed by atoms with Gasteiger partial charge in [-0.25, -0.2) is 0 Å².